The predicted molar refractivity (Wildman–Crippen MR) is 98.5 cm³/mol. The van der Waals surface area contributed by atoms with Crippen molar-refractivity contribution >= 4 is 44.7 Å². The molecule has 3 aromatic rings. The van der Waals surface area contributed by atoms with Crippen LogP contribution in [0.1, 0.15) is 15.2 Å². The molecule has 0 aliphatic heterocycles. The Bertz CT molecular complexity index is 1060. The van der Waals surface area contributed by atoms with Gasteiger partial charge in [0.1, 0.15) is 10.7 Å². The molecule has 1 aromatic heterocycles. The standard InChI is InChI=1S/C18H13FN2O5S/c1-10-5-6-11(21(24)25)7-14(10)20-17(22)9-26-18(23)16-8-12-13(19)3-2-4-15(12)27-16/h2-8H,9H2,1H3,(H,20,22). The Hall–Kier alpha value is -3.33. The number of thiophene rings is 1. The van der Waals surface area contributed by atoms with Gasteiger partial charge in [0.25, 0.3) is 11.6 Å². The van der Waals surface area contributed by atoms with Gasteiger partial charge >= 0.3 is 5.97 Å². The van der Waals surface area contributed by atoms with Crippen molar-refractivity contribution in [3.05, 3.63) is 68.8 Å². The summed E-state index contributed by atoms with van der Waals surface area (Å²) in [4.78, 5) is 34.5. The van der Waals surface area contributed by atoms with E-state index >= 15 is 0 Å². The molecule has 0 spiro atoms. The fourth-order valence-electron chi connectivity index (χ4n) is 2.37. The molecule has 1 amide bonds. The lowest BCUT2D eigenvalue weighted by Gasteiger charge is -2.08. The number of nitrogens with zero attached hydrogens (tertiary/aromatic N) is 1. The van der Waals surface area contributed by atoms with E-state index in [9.17, 15) is 24.1 Å². The molecule has 0 aliphatic carbocycles. The van der Waals surface area contributed by atoms with Gasteiger partial charge in [-0.1, -0.05) is 12.1 Å². The van der Waals surface area contributed by atoms with E-state index in [-0.39, 0.29) is 16.3 Å². The number of carbonyl (C=O) groups excluding carboxylic acids is 2. The van der Waals surface area contributed by atoms with Crippen molar-refractivity contribution in [2.24, 2.45) is 0 Å². The molecular formula is C18H13FN2O5S. The Kier molecular flexibility index (Phi) is 5.13. The zero-order valence-corrected chi connectivity index (χ0v) is 14.8. The van der Waals surface area contributed by atoms with Gasteiger partial charge in [-0.15, -0.1) is 11.3 Å². The molecule has 0 atom stereocenters. The van der Waals surface area contributed by atoms with Crippen molar-refractivity contribution in [1.29, 1.82) is 0 Å². The largest absolute Gasteiger partial charge is 0.451 e. The van der Waals surface area contributed by atoms with Crippen LogP contribution in [0.3, 0.4) is 0 Å². The van der Waals surface area contributed by atoms with E-state index in [1.54, 1.807) is 13.0 Å². The summed E-state index contributed by atoms with van der Waals surface area (Å²) in [6.45, 7) is 1.11. The zero-order valence-electron chi connectivity index (χ0n) is 14.0. The van der Waals surface area contributed by atoms with E-state index < -0.39 is 29.2 Å². The lowest BCUT2D eigenvalue weighted by atomic mass is 10.2. The number of ether oxygens (including phenoxy) is 1. The number of carbonyl (C=O) groups is 2. The molecule has 7 nitrogen and oxygen atoms in total. The molecule has 3 rings (SSSR count). The molecular weight excluding hydrogens is 375 g/mol. The molecule has 2 aromatic carbocycles. The first-order valence-corrected chi connectivity index (χ1v) is 8.57. The molecule has 27 heavy (non-hydrogen) atoms. The van der Waals surface area contributed by atoms with Crippen LogP contribution in [0.4, 0.5) is 15.8 Å². The van der Waals surface area contributed by atoms with E-state index in [0.29, 0.717) is 15.6 Å². The molecule has 1 heterocycles. The number of hydrogen-bond acceptors (Lipinski definition) is 6. The van der Waals surface area contributed by atoms with Gasteiger partial charge in [0.05, 0.1) is 10.6 Å². The maximum atomic E-state index is 13.7. The number of nitro groups is 1. The Morgan fingerprint density at radius 3 is 2.74 bits per heavy atom. The number of benzene rings is 2. The smallest absolute Gasteiger partial charge is 0.348 e. The van der Waals surface area contributed by atoms with Crippen molar-refractivity contribution in [3.63, 3.8) is 0 Å². The van der Waals surface area contributed by atoms with Crippen LogP contribution in [-0.4, -0.2) is 23.4 Å². The predicted octanol–water partition coefficient (Wildman–Crippen LogP) is 4.05. The van der Waals surface area contributed by atoms with Crippen molar-refractivity contribution in [1.82, 2.24) is 0 Å². The van der Waals surface area contributed by atoms with Gasteiger partial charge in [-0.05, 0) is 30.7 Å². The molecule has 0 unspecified atom stereocenters. The maximum absolute atomic E-state index is 13.7. The summed E-state index contributed by atoms with van der Waals surface area (Å²) in [7, 11) is 0. The summed E-state index contributed by atoms with van der Waals surface area (Å²) in [5.41, 5.74) is 0.717. The van der Waals surface area contributed by atoms with Gasteiger partial charge < -0.3 is 10.1 Å². The highest BCUT2D eigenvalue weighted by Gasteiger charge is 2.16. The number of amides is 1. The van der Waals surface area contributed by atoms with Gasteiger partial charge in [0.2, 0.25) is 0 Å². The van der Waals surface area contributed by atoms with Crippen LogP contribution < -0.4 is 5.32 Å². The molecule has 138 valence electrons. The third-order valence-electron chi connectivity index (χ3n) is 3.75. The van der Waals surface area contributed by atoms with Crippen LogP contribution in [0.25, 0.3) is 10.1 Å². The number of non-ortho nitro benzene ring substituents is 1. The van der Waals surface area contributed by atoms with Crippen LogP contribution in [0.5, 0.6) is 0 Å². The molecule has 0 saturated carbocycles. The Morgan fingerprint density at radius 2 is 2.04 bits per heavy atom. The number of halogens is 1. The zero-order chi connectivity index (χ0) is 19.6. The van der Waals surface area contributed by atoms with Crippen LogP contribution >= 0.6 is 11.3 Å². The number of nitrogens with one attached hydrogen (secondary N) is 1. The maximum Gasteiger partial charge on any atom is 0.348 e. The normalized spacial score (nSPS) is 10.6. The van der Waals surface area contributed by atoms with E-state index in [4.69, 9.17) is 4.74 Å². The first kappa shape index (κ1) is 18.5. The number of rotatable bonds is 5. The highest BCUT2D eigenvalue weighted by Crippen LogP contribution is 2.28. The second-order valence-electron chi connectivity index (χ2n) is 5.64. The number of aryl methyl sites for hydroxylation is 1. The third-order valence-corrected chi connectivity index (χ3v) is 4.83. The van der Waals surface area contributed by atoms with Crippen molar-refractivity contribution in [2.45, 2.75) is 6.92 Å². The monoisotopic (exact) mass is 388 g/mol. The van der Waals surface area contributed by atoms with Gasteiger partial charge in [-0.2, -0.15) is 0 Å². The van der Waals surface area contributed by atoms with Gasteiger partial charge in [0, 0.05) is 22.2 Å². The summed E-state index contributed by atoms with van der Waals surface area (Å²) >= 11 is 1.06. The summed E-state index contributed by atoms with van der Waals surface area (Å²) in [6.07, 6.45) is 0. The minimum absolute atomic E-state index is 0.166. The Labute approximate surface area is 156 Å². The number of esters is 1. The van der Waals surface area contributed by atoms with E-state index in [1.807, 2.05) is 0 Å². The average molecular weight is 388 g/mol. The number of fused-ring (bicyclic) bond motifs is 1. The van der Waals surface area contributed by atoms with Crippen LogP contribution in [-0.2, 0) is 9.53 Å². The molecule has 0 saturated heterocycles. The van der Waals surface area contributed by atoms with Crippen molar-refractivity contribution in [3.8, 4) is 0 Å². The van der Waals surface area contributed by atoms with Gasteiger partial charge in [-0.25, -0.2) is 9.18 Å². The second kappa shape index (κ2) is 7.50. The molecule has 0 fully saturated rings. The quantitative estimate of drug-likeness (QED) is 0.404. The minimum Gasteiger partial charge on any atom is -0.451 e. The number of anilines is 1. The molecule has 9 heteroatoms. The SMILES string of the molecule is Cc1ccc([N+](=O)[O-])cc1NC(=O)COC(=O)c1cc2c(F)cccc2s1. The fraction of sp³-hybridized carbons (Fsp3) is 0.111. The molecule has 1 N–H and O–H groups in total. The van der Waals surface area contributed by atoms with Crippen LogP contribution in [0.15, 0.2) is 42.5 Å². The fourth-order valence-corrected chi connectivity index (χ4v) is 3.34. The lowest BCUT2D eigenvalue weighted by Crippen LogP contribution is -2.21. The number of nitro benzene ring substituents is 1. The topological polar surface area (TPSA) is 98.5 Å². The van der Waals surface area contributed by atoms with Crippen molar-refractivity contribution < 1.29 is 23.6 Å². The first-order chi connectivity index (χ1) is 12.8. The van der Waals surface area contributed by atoms with E-state index in [1.165, 1.54) is 36.4 Å². The molecule has 0 aliphatic rings. The Balaban J connectivity index is 1.65. The van der Waals surface area contributed by atoms with E-state index in [2.05, 4.69) is 5.32 Å². The average Bonchev–Trinajstić information content (AvgIpc) is 3.07. The molecule has 0 radical (unpaired) electrons. The van der Waals surface area contributed by atoms with Crippen LogP contribution in [0, 0.1) is 22.9 Å². The molecule has 0 bridgehead atoms. The third kappa shape index (κ3) is 4.09. The summed E-state index contributed by atoms with van der Waals surface area (Å²) in [5, 5.41) is 13.6. The van der Waals surface area contributed by atoms with Gasteiger partial charge in [-0.3, -0.25) is 14.9 Å². The summed E-state index contributed by atoms with van der Waals surface area (Å²) < 4.78 is 19.2. The number of hydrogen-bond donors (Lipinski definition) is 1. The van der Waals surface area contributed by atoms with Gasteiger partial charge in [0.15, 0.2) is 6.61 Å². The highest BCUT2D eigenvalue weighted by atomic mass is 32.1. The summed E-state index contributed by atoms with van der Waals surface area (Å²) in [6, 6.07) is 9.94. The van der Waals surface area contributed by atoms with Crippen LogP contribution in [0.2, 0.25) is 0 Å². The van der Waals surface area contributed by atoms with Crippen molar-refractivity contribution in [2.75, 3.05) is 11.9 Å². The first-order valence-electron chi connectivity index (χ1n) is 7.75. The Morgan fingerprint density at radius 1 is 1.26 bits per heavy atom. The minimum atomic E-state index is -0.749. The summed E-state index contributed by atoms with van der Waals surface area (Å²) in [5.74, 6) is -1.83. The van der Waals surface area contributed by atoms with E-state index in [0.717, 1.165) is 11.3 Å². The highest BCUT2D eigenvalue weighted by molar-refractivity contribution is 7.20. The lowest BCUT2D eigenvalue weighted by molar-refractivity contribution is -0.384. The second-order valence-corrected chi connectivity index (χ2v) is 6.73.